The summed E-state index contributed by atoms with van der Waals surface area (Å²) >= 11 is 0. The highest BCUT2D eigenvalue weighted by Crippen LogP contribution is 2.36. The van der Waals surface area contributed by atoms with E-state index in [1.54, 1.807) is 12.1 Å². The first-order valence-electron chi connectivity index (χ1n) is 6.89. The second-order valence-corrected chi connectivity index (χ2v) is 5.28. The molecule has 0 heterocycles. The molecule has 19 heavy (non-hydrogen) atoms. The van der Waals surface area contributed by atoms with Gasteiger partial charge in [0, 0.05) is 17.2 Å². The van der Waals surface area contributed by atoms with Gasteiger partial charge in [0.05, 0.1) is 4.92 Å². The zero-order valence-corrected chi connectivity index (χ0v) is 11.2. The number of ketones is 1. The molecule has 1 fully saturated rings. The van der Waals surface area contributed by atoms with Crippen molar-refractivity contribution in [1.82, 2.24) is 0 Å². The fourth-order valence-corrected chi connectivity index (χ4v) is 2.86. The van der Waals surface area contributed by atoms with Crippen molar-refractivity contribution in [2.45, 2.75) is 51.4 Å². The van der Waals surface area contributed by atoms with E-state index in [1.165, 1.54) is 25.8 Å². The van der Waals surface area contributed by atoms with Gasteiger partial charge in [0.1, 0.15) is 0 Å². The first kappa shape index (κ1) is 13.7. The van der Waals surface area contributed by atoms with Crippen LogP contribution in [-0.4, -0.2) is 10.7 Å². The van der Waals surface area contributed by atoms with E-state index in [0.29, 0.717) is 5.56 Å². The molecule has 102 valence electrons. The minimum Gasteiger partial charge on any atom is -0.295 e. The van der Waals surface area contributed by atoms with Crippen LogP contribution < -0.4 is 0 Å². The van der Waals surface area contributed by atoms with Gasteiger partial charge in [-0.15, -0.1) is 0 Å². The molecule has 0 radical (unpaired) electrons. The van der Waals surface area contributed by atoms with Crippen molar-refractivity contribution < 1.29 is 9.72 Å². The molecule has 0 spiro atoms. The average molecular weight is 261 g/mol. The molecule has 0 atom stereocenters. The third-order valence-corrected chi connectivity index (χ3v) is 3.93. The van der Waals surface area contributed by atoms with Gasteiger partial charge in [-0.2, -0.15) is 0 Å². The van der Waals surface area contributed by atoms with Crippen LogP contribution in [0.3, 0.4) is 0 Å². The molecule has 0 aromatic heterocycles. The van der Waals surface area contributed by atoms with Crippen molar-refractivity contribution in [3.05, 3.63) is 39.4 Å². The Bertz CT molecular complexity index is 488. The van der Waals surface area contributed by atoms with E-state index in [4.69, 9.17) is 0 Å². The van der Waals surface area contributed by atoms with Crippen LogP contribution in [0.15, 0.2) is 18.2 Å². The predicted molar refractivity (Wildman–Crippen MR) is 73.5 cm³/mol. The van der Waals surface area contributed by atoms with Crippen molar-refractivity contribution >= 4 is 11.5 Å². The maximum absolute atomic E-state index is 11.3. The Morgan fingerprint density at radius 3 is 2.37 bits per heavy atom. The summed E-state index contributed by atoms with van der Waals surface area (Å²) in [4.78, 5) is 22.2. The number of carbonyl (C=O) groups excluding carboxylic acids is 1. The molecule has 1 saturated carbocycles. The summed E-state index contributed by atoms with van der Waals surface area (Å²) in [6.07, 6.45) is 6.73. The largest absolute Gasteiger partial charge is 0.295 e. The third-order valence-electron chi connectivity index (χ3n) is 3.93. The fourth-order valence-electron chi connectivity index (χ4n) is 2.86. The van der Waals surface area contributed by atoms with Gasteiger partial charge in [-0.25, -0.2) is 0 Å². The lowest BCUT2D eigenvalue weighted by Gasteiger charge is -2.15. The quantitative estimate of drug-likeness (QED) is 0.354. The summed E-state index contributed by atoms with van der Waals surface area (Å²) in [7, 11) is 0. The smallest absolute Gasteiger partial charge is 0.273 e. The fraction of sp³-hybridized carbons (Fsp3) is 0.533. The van der Waals surface area contributed by atoms with Crippen molar-refractivity contribution in [3.8, 4) is 0 Å². The molecule has 0 N–H and O–H groups in total. The highest BCUT2D eigenvalue weighted by Gasteiger charge is 2.24. The van der Waals surface area contributed by atoms with E-state index in [1.807, 2.05) is 0 Å². The molecule has 0 amide bonds. The maximum atomic E-state index is 11.3. The van der Waals surface area contributed by atoms with E-state index >= 15 is 0 Å². The normalized spacial score (nSPS) is 16.9. The van der Waals surface area contributed by atoms with Gasteiger partial charge in [-0.05, 0) is 25.7 Å². The molecule has 0 unspecified atom stereocenters. The molecule has 2 rings (SSSR count). The number of benzene rings is 1. The maximum Gasteiger partial charge on any atom is 0.273 e. The van der Waals surface area contributed by atoms with Crippen LogP contribution in [0, 0.1) is 10.1 Å². The summed E-state index contributed by atoms with van der Waals surface area (Å²) in [5.41, 5.74) is 1.33. The summed E-state index contributed by atoms with van der Waals surface area (Å²) in [6.45, 7) is 1.43. The standard InChI is InChI=1S/C15H19NO3/c1-11(17)13-8-9-14(15(10-13)16(18)19)12-6-4-2-3-5-7-12/h8-10,12H,2-7H2,1H3. The topological polar surface area (TPSA) is 60.2 Å². The first-order valence-corrected chi connectivity index (χ1v) is 6.89. The van der Waals surface area contributed by atoms with E-state index < -0.39 is 0 Å². The Labute approximate surface area is 113 Å². The summed E-state index contributed by atoms with van der Waals surface area (Å²) < 4.78 is 0. The molecular weight excluding hydrogens is 242 g/mol. The number of hydrogen-bond acceptors (Lipinski definition) is 3. The van der Waals surface area contributed by atoms with Crippen LogP contribution in [0.5, 0.6) is 0 Å². The summed E-state index contributed by atoms with van der Waals surface area (Å²) in [5, 5.41) is 11.2. The number of nitro benzene ring substituents is 1. The molecule has 4 nitrogen and oxygen atoms in total. The highest BCUT2D eigenvalue weighted by atomic mass is 16.6. The Morgan fingerprint density at radius 2 is 1.84 bits per heavy atom. The van der Waals surface area contributed by atoms with Crippen LogP contribution >= 0.6 is 0 Å². The molecule has 1 aromatic carbocycles. The lowest BCUT2D eigenvalue weighted by atomic mass is 9.89. The Hall–Kier alpha value is -1.71. The van der Waals surface area contributed by atoms with Gasteiger partial charge in [-0.1, -0.05) is 37.8 Å². The zero-order chi connectivity index (χ0) is 13.8. The monoisotopic (exact) mass is 261 g/mol. The van der Waals surface area contributed by atoms with Gasteiger partial charge in [-0.3, -0.25) is 14.9 Å². The molecule has 1 aliphatic rings. The van der Waals surface area contributed by atoms with Crippen molar-refractivity contribution in [2.24, 2.45) is 0 Å². The van der Waals surface area contributed by atoms with Crippen molar-refractivity contribution in [3.63, 3.8) is 0 Å². The van der Waals surface area contributed by atoms with Crippen molar-refractivity contribution in [2.75, 3.05) is 0 Å². The molecule has 1 aliphatic carbocycles. The van der Waals surface area contributed by atoms with Crippen LogP contribution in [0.4, 0.5) is 5.69 Å². The van der Waals surface area contributed by atoms with Gasteiger partial charge < -0.3 is 0 Å². The van der Waals surface area contributed by atoms with Crippen LogP contribution in [0.2, 0.25) is 0 Å². The highest BCUT2D eigenvalue weighted by molar-refractivity contribution is 5.94. The molecule has 0 bridgehead atoms. The van der Waals surface area contributed by atoms with E-state index in [2.05, 4.69) is 0 Å². The predicted octanol–water partition coefficient (Wildman–Crippen LogP) is 4.24. The number of carbonyl (C=O) groups is 1. The molecule has 1 aromatic rings. The molecular formula is C15H19NO3. The minimum absolute atomic E-state index is 0.111. The molecule has 0 saturated heterocycles. The van der Waals surface area contributed by atoms with E-state index in [-0.39, 0.29) is 22.3 Å². The second kappa shape index (κ2) is 5.95. The lowest BCUT2D eigenvalue weighted by Crippen LogP contribution is -2.04. The Morgan fingerprint density at radius 1 is 1.21 bits per heavy atom. The third kappa shape index (κ3) is 3.19. The Balaban J connectivity index is 2.37. The van der Waals surface area contributed by atoms with E-state index in [0.717, 1.165) is 31.2 Å². The molecule has 0 aliphatic heterocycles. The lowest BCUT2D eigenvalue weighted by molar-refractivity contribution is -0.385. The second-order valence-electron chi connectivity index (χ2n) is 5.28. The van der Waals surface area contributed by atoms with Gasteiger partial charge in [0.2, 0.25) is 0 Å². The van der Waals surface area contributed by atoms with Gasteiger partial charge >= 0.3 is 0 Å². The van der Waals surface area contributed by atoms with Crippen molar-refractivity contribution in [1.29, 1.82) is 0 Å². The number of nitro groups is 1. The van der Waals surface area contributed by atoms with Gasteiger partial charge in [0.15, 0.2) is 5.78 Å². The summed E-state index contributed by atoms with van der Waals surface area (Å²) in [6, 6.07) is 4.93. The number of hydrogen-bond donors (Lipinski definition) is 0. The summed E-state index contributed by atoms with van der Waals surface area (Å²) in [5.74, 6) is 0.138. The van der Waals surface area contributed by atoms with E-state index in [9.17, 15) is 14.9 Å². The molecule has 4 heteroatoms. The Kier molecular flexibility index (Phi) is 4.30. The minimum atomic E-state index is -0.354. The first-order chi connectivity index (χ1) is 9.09. The van der Waals surface area contributed by atoms with Gasteiger partial charge in [0.25, 0.3) is 5.69 Å². The zero-order valence-electron chi connectivity index (χ0n) is 11.2. The number of Topliss-reactive ketones (excluding diaryl/α,β-unsaturated/α-hetero) is 1. The number of rotatable bonds is 3. The van der Waals surface area contributed by atoms with Crippen LogP contribution in [0.1, 0.15) is 67.3 Å². The number of nitrogens with zero attached hydrogens (tertiary/aromatic N) is 1. The average Bonchev–Trinajstić information content (AvgIpc) is 2.66. The van der Waals surface area contributed by atoms with Crippen LogP contribution in [0.25, 0.3) is 0 Å². The SMILES string of the molecule is CC(=O)c1ccc(C2CCCCCC2)c([N+](=O)[O-])c1. The van der Waals surface area contributed by atoms with Crippen LogP contribution in [-0.2, 0) is 0 Å².